The molecular weight excluding hydrogens is 295 g/mol. The van der Waals surface area contributed by atoms with E-state index in [0.29, 0.717) is 11.6 Å². The summed E-state index contributed by atoms with van der Waals surface area (Å²) in [5.41, 5.74) is 0.654. The maximum Gasteiger partial charge on any atom is 0.247 e. The van der Waals surface area contributed by atoms with Crippen LogP contribution in [0.15, 0.2) is 30.5 Å². The molecule has 0 amide bonds. The summed E-state index contributed by atoms with van der Waals surface area (Å²) < 4.78 is 13.9. The summed E-state index contributed by atoms with van der Waals surface area (Å²) in [5, 5.41) is 11.4. The Bertz CT molecular complexity index is 655. The summed E-state index contributed by atoms with van der Waals surface area (Å²) in [6, 6.07) is 7.17. The number of nitrogens with one attached hydrogen (secondary N) is 1. The van der Waals surface area contributed by atoms with Crippen LogP contribution in [-0.2, 0) is 0 Å². The molecule has 0 atom stereocenters. The van der Waals surface area contributed by atoms with Gasteiger partial charge in [0.25, 0.3) is 0 Å². The fourth-order valence-electron chi connectivity index (χ4n) is 2.65. The van der Waals surface area contributed by atoms with E-state index < -0.39 is 0 Å². The van der Waals surface area contributed by atoms with E-state index in [1.54, 1.807) is 12.3 Å². The number of rotatable bonds is 4. The minimum Gasteiger partial charge on any atom is -0.366 e. The lowest BCUT2D eigenvalue weighted by Gasteiger charge is -2.36. The maximum atomic E-state index is 13.9. The molecule has 2 heterocycles. The van der Waals surface area contributed by atoms with E-state index in [0.717, 1.165) is 32.0 Å². The molecule has 1 fully saturated rings. The largest absolute Gasteiger partial charge is 0.366 e. The number of para-hydroxylation sites is 1. The molecule has 1 aromatic carbocycles. The summed E-state index contributed by atoms with van der Waals surface area (Å²) in [7, 11) is 0. The van der Waals surface area contributed by atoms with Crippen LogP contribution in [0.1, 0.15) is 13.8 Å². The summed E-state index contributed by atoms with van der Waals surface area (Å²) in [6.45, 7) is 7.03. The fraction of sp³-hybridized carbons (Fsp3) is 0.438. The van der Waals surface area contributed by atoms with Crippen molar-refractivity contribution in [3.05, 3.63) is 36.3 Å². The summed E-state index contributed by atoms with van der Waals surface area (Å²) in [5.74, 6) is 1.16. The van der Waals surface area contributed by atoms with Crippen LogP contribution in [0.25, 0.3) is 0 Å². The molecule has 1 N–H and O–H groups in total. The van der Waals surface area contributed by atoms with Gasteiger partial charge in [-0.2, -0.15) is 10.1 Å². The first kappa shape index (κ1) is 15.5. The van der Waals surface area contributed by atoms with Crippen molar-refractivity contribution in [2.24, 2.45) is 0 Å². The molecule has 1 saturated heterocycles. The van der Waals surface area contributed by atoms with Crippen molar-refractivity contribution in [2.75, 3.05) is 41.3 Å². The molecule has 0 saturated carbocycles. The maximum absolute atomic E-state index is 13.9. The molecule has 1 aliphatic heterocycles. The number of hydrogen-bond donors (Lipinski definition) is 1. The predicted octanol–water partition coefficient (Wildman–Crippen LogP) is 2.16. The zero-order chi connectivity index (χ0) is 16.2. The lowest BCUT2D eigenvalue weighted by molar-refractivity contribution is 0.592. The molecule has 3 rings (SSSR count). The summed E-state index contributed by atoms with van der Waals surface area (Å²) in [4.78, 5) is 8.63. The van der Waals surface area contributed by atoms with Gasteiger partial charge < -0.3 is 15.1 Å². The Morgan fingerprint density at radius 1 is 1.09 bits per heavy atom. The van der Waals surface area contributed by atoms with Crippen LogP contribution in [0.5, 0.6) is 0 Å². The minimum absolute atomic E-state index is 0.179. The topological polar surface area (TPSA) is 57.2 Å². The number of benzene rings is 1. The Balaban J connectivity index is 1.66. The number of anilines is 3. The van der Waals surface area contributed by atoms with Crippen molar-refractivity contribution in [1.29, 1.82) is 0 Å². The predicted molar refractivity (Wildman–Crippen MR) is 89.4 cm³/mol. The van der Waals surface area contributed by atoms with Gasteiger partial charge in [-0.3, -0.25) is 0 Å². The van der Waals surface area contributed by atoms with E-state index in [1.807, 2.05) is 12.1 Å². The van der Waals surface area contributed by atoms with Crippen molar-refractivity contribution in [3.63, 3.8) is 0 Å². The van der Waals surface area contributed by atoms with Crippen LogP contribution in [0.2, 0.25) is 0 Å². The molecule has 2 aromatic rings. The van der Waals surface area contributed by atoms with E-state index in [4.69, 9.17) is 0 Å². The van der Waals surface area contributed by atoms with Crippen LogP contribution < -0.4 is 15.1 Å². The van der Waals surface area contributed by atoms with Gasteiger partial charge in [0.1, 0.15) is 5.82 Å². The standard InChI is InChI=1S/C16H21FN6/c1-12(2)19-15-11-18-21-16(20-15)23-9-7-22(8-10-23)14-6-4-3-5-13(14)17/h3-6,11-12H,7-10H2,1-2H3,(H,19,20,21). The lowest BCUT2D eigenvalue weighted by Crippen LogP contribution is -2.47. The lowest BCUT2D eigenvalue weighted by atomic mass is 10.2. The van der Waals surface area contributed by atoms with Crippen LogP contribution in [0.3, 0.4) is 0 Å². The quantitative estimate of drug-likeness (QED) is 0.933. The second-order valence-corrected chi connectivity index (χ2v) is 5.87. The van der Waals surface area contributed by atoms with Crippen molar-refractivity contribution in [1.82, 2.24) is 15.2 Å². The minimum atomic E-state index is -0.179. The first-order chi connectivity index (χ1) is 11.1. The molecule has 0 unspecified atom stereocenters. The Morgan fingerprint density at radius 2 is 1.78 bits per heavy atom. The number of aromatic nitrogens is 3. The average Bonchev–Trinajstić information content (AvgIpc) is 2.55. The Hall–Kier alpha value is -2.44. The van der Waals surface area contributed by atoms with Crippen molar-refractivity contribution < 1.29 is 4.39 Å². The Labute approximate surface area is 135 Å². The van der Waals surface area contributed by atoms with E-state index in [2.05, 4.69) is 44.1 Å². The van der Waals surface area contributed by atoms with Gasteiger partial charge in [-0.05, 0) is 26.0 Å². The summed E-state index contributed by atoms with van der Waals surface area (Å²) in [6.07, 6.45) is 1.62. The second kappa shape index (κ2) is 6.76. The molecular formula is C16H21FN6. The number of halogens is 1. The van der Waals surface area contributed by atoms with E-state index in [9.17, 15) is 4.39 Å². The third kappa shape index (κ3) is 3.67. The molecule has 1 aliphatic rings. The molecule has 0 bridgehead atoms. The molecule has 1 aromatic heterocycles. The number of hydrogen-bond acceptors (Lipinski definition) is 6. The highest BCUT2D eigenvalue weighted by molar-refractivity contribution is 5.50. The van der Waals surface area contributed by atoms with Crippen LogP contribution in [0, 0.1) is 5.82 Å². The van der Waals surface area contributed by atoms with Crippen molar-refractivity contribution in [2.45, 2.75) is 19.9 Å². The third-order valence-electron chi connectivity index (χ3n) is 3.74. The monoisotopic (exact) mass is 316 g/mol. The Kier molecular flexibility index (Phi) is 4.55. The zero-order valence-corrected chi connectivity index (χ0v) is 13.4. The molecule has 122 valence electrons. The van der Waals surface area contributed by atoms with Gasteiger partial charge in [0.2, 0.25) is 5.95 Å². The first-order valence-electron chi connectivity index (χ1n) is 7.84. The van der Waals surface area contributed by atoms with Gasteiger partial charge in [-0.15, -0.1) is 5.10 Å². The van der Waals surface area contributed by atoms with Crippen LogP contribution >= 0.6 is 0 Å². The van der Waals surface area contributed by atoms with Gasteiger partial charge in [-0.25, -0.2) is 4.39 Å². The van der Waals surface area contributed by atoms with Crippen molar-refractivity contribution >= 4 is 17.5 Å². The Morgan fingerprint density at radius 3 is 2.48 bits per heavy atom. The van der Waals surface area contributed by atoms with E-state index >= 15 is 0 Å². The van der Waals surface area contributed by atoms with Gasteiger partial charge >= 0.3 is 0 Å². The second-order valence-electron chi connectivity index (χ2n) is 5.87. The van der Waals surface area contributed by atoms with Gasteiger partial charge in [-0.1, -0.05) is 12.1 Å². The molecule has 7 heteroatoms. The van der Waals surface area contributed by atoms with Crippen LogP contribution in [-0.4, -0.2) is 47.4 Å². The fourth-order valence-corrected chi connectivity index (χ4v) is 2.65. The zero-order valence-electron chi connectivity index (χ0n) is 13.4. The SMILES string of the molecule is CC(C)Nc1cnnc(N2CCN(c3ccccc3F)CC2)n1. The normalized spacial score (nSPS) is 15.1. The smallest absolute Gasteiger partial charge is 0.247 e. The first-order valence-corrected chi connectivity index (χ1v) is 7.84. The highest BCUT2D eigenvalue weighted by Crippen LogP contribution is 2.21. The third-order valence-corrected chi connectivity index (χ3v) is 3.74. The highest BCUT2D eigenvalue weighted by atomic mass is 19.1. The average molecular weight is 316 g/mol. The van der Waals surface area contributed by atoms with E-state index in [1.165, 1.54) is 6.07 Å². The molecule has 0 radical (unpaired) electrons. The molecule has 23 heavy (non-hydrogen) atoms. The van der Waals surface area contributed by atoms with E-state index in [-0.39, 0.29) is 11.9 Å². The van der Waals surface area contributed by atoms with Crippen molar-refractivity contribution in [3.8, 4) is 0 Å². The molecule has 0 spiro atoms. The van der Waals surface area contributed by atoms with Crippen LogP contribution in [0.4, 0.5) is 21.8 Å². The molecule has 6 nitrogen and oxygen atoms in total. The number of piperazine rings is 1. The van der Waals surface area contributed by atoms with Gasteiger partial charge in [0.05, 0.1) is 11.9 Å². The van der Waals surface area contributed by atoms with Gasteiger partial charge in [0.15, 0.2) is 5.82 Å². The number of nitrogens with zero attached hydrogens (tertiary/aromatic N) is 5. The van der Waals surface area contributed by atoms with Gasteiger partial charge in [0, 0.05) is 32.2 Å². The summed E-state index contributed by atoms with van der Waals surface area (Å²) >= 11 is 0. The highest BCUT2D eigenvalue weighted by Gasteiger charge is 2.21. The molecule has 0 aliphatic carbocycles.